The molecular weight excluding hydrogens is 587 g/mol. The average Bonchev–Trinajstić information content (AvgIpc) is 3.69. The Morgan fingerprint density at radius 3 is 1.88 bits per heavy atom. The van der Waals surface area contributed by atoms with Gasteiger partial charge in [0.05, 0.1) is 22.1 Å². The first-order chi connectivity index (χ1) is 23.8. The van der Waals surface area contributed by atoms with Gasteiger partial charge in [-0.05, 0) is 34.9 Å². The normalized spacial score (nSPS) is 12.2. The van der Waals surface area contributed by atoms with Crippen LogP contribution in [-0.2, 0) is 0 Å². The first-order valence-corrected chi connectivity index (χ1v) is 16.3. The van der Waals surface area contributed by atoms with Crippen LogP contribution in [0.5, 0.6) is 0 Å². The Morgan fingerprint density at radius 1 is 0.458 bits per heavy atom. The molecule has 4 heteroatoms. The molecule has 1 aliphatic rings. The molecule has 0 unspecified atom stereocenters. The Morgan fingerprint density at radius 2 is 1.08 bits per heavy atom. The van der Waals surface area contributed by atoms with Gasteiger partial charge in [0.15, 0.2) is 5.82 Å². The van der Waals surface area contributed by atoms with E-state index in [4.69, 9.17) is 14.4 Å². The molecule has 0 fully saturated rings. The van der Waals surface area contributed by atoms with E-state index in [0.29, 0.717) is 0 Å². The Hall–Kier alpha value is -6.52. The van der Waals surface area contributed by atoms with Crippen molar-refractivity contribution in [2.75, 3.05) is 0 Å². The zero-order valence-corrected chi connectivity index (χ0v) is 25.7. The first-order valence-electron chi connectivity index (χ1n) is 16.3. The summed E-state index contributed by atoms with van der Waals surface area (Å²) in [5.41, 5.74) is 12.5. The van der Waals surface area contributed by atoms with Crippen LogP contribution in [0.2, 0.25) is 0 Å². The Kier molecular flexibility index (Phi) is 5.08. The van der Waals surface area contributed by atoms with Crippen LogP contribution in [0.4, 0.5) is 0 Å². The van der Waals surface area contributed by atoms with Crippen LogP contribution in [0.25, 0.3) is 105 Å². The van der Waals surface area contributed by atoms with Crippen LogP contribution in [0.3, 0.4) is 0 Å². The van der Waals surface area contributed by atoms with Gasteiger partial charge in [-0.2, -0.15) is 0 Å². The molecule has 11 rings (SSSR count). The van der Waals surface area contributed by atoms with E-state index in [9.17, 15) is 0 Å². The van der Waals surface area contributed by atoms with Crippen molar-refractivity contribution in [1.82, 2.24) is 14.5 Å². The zero-order valence-electron chi connectivity index (χ0n) is 25.7. The highest BCUT2D eigenvalue weighted by Gasteiger charge is 2.32. The fraction of sp³-hybridized carbons (Fsp3) is 0. The van der Waals surface area contributed by atoms with Crippen LogP contribution in [0, 0.1) is 0 Å². The van der Waals surface area contributed by atoms with Crippen LogP contribution >= 0.6 is 0 Å². The van der Waals surface area contributed by atoms with E-state index in [2.05, 4.69) is 132 Å². The van der Waals surface area contributed by atoms with E-state index in [0.717, 1.165) is 77.8 Å². The number of hydrogen-bond acceptors (Lipinski definition) is 3. The molecule has 0 aliphatic heterocycles. The molecule has 0 atom stereocenters. The van der Waals surface area contributed by atoms with Gasteiger partial charge in [0.25, 0.3) is 0 Å². The Balaban J connectivity index is 1.43. The van der Waals surface area contributed by atoms with E-state index in [1.165, 1.54) is 27.5 Å². The topological polar surface area (TPSA) is 43.9 Å². The van der Waals surface area contributed by atoms with Crippen molar-refractivity contribution in [3.63, 3.8) is 0 Å². The molecule has 0 amide bonds. The van der Waals surface area contributed by atoms with Gasteiger partial charge in [0.1, 0.15) is 17.0 Å². The van der Waals surface area contributed by atoms with Gasteiger partial charge in [-0.25, -0.2) is 9.97 Å². The Labute approximate surface area is 275 Å². The minimum atomic E-state index is 0.809. The van der Waals surface area contributed by atoms with E-state index < -0.39 is 0 Å². The maximum atomic E-state index is 7.06. The van der Waals surface area contributed by atoms with Crippen molar-refractivity contribution in [2.45, 2.75) is 0 Å². The molecule has 3 heterocycles. The summed E-state index contributed by atoms with van der Waals surface area (Å²) in [6.45, 7) is 0. The van der Waals surface area contributed by atoms with Crippen LogP contribution in [0.1, 0.15) is 0 Å². The zero-order chi connectivity index (χ0) is 31.3. The summed E-state index contributed by atoms with van der Waals surface area (Å²) >= 11 is 0. The molecular formula is C44H25N3O. The SMILES string of the molecule is c1ccc(-c2nc3ccccc3nc2-n2c3cccc4c3c3c5c(c(-c6ccccc6)oc5c5ccccc5c32)-c2ccccc2-4)cc1. The van der Waals surface area contributed by atoms with Gasteiger partial charge < -0.3 is 4.42 Å². The minimum absolute atomic E-state index is 0.809. The molecule has 3 aromatic heterocycles. The number of furan rings is 1. The van der Waals surface area contributed by atoms with Crippen LogP contribution in [-0.4, -0.2) is 14.5 Å². The predicted molar refractivity (Wildman–Crippen MR) is 196 cm³/mol. The second kappa shape index (κ2) is 9.50. The predicted octanol–water partition coefficient (Wildman–Crippen LogP) is 11.6. The first kappa shape index (κ1) is 25.6. The smallest absolute Gasteiger partial charge is 0.165 e. The quantitative estimate of drug-likeness (QED) is 0.200. The average molecular weight is 612 g/mol. The van der Waals surface area contributed by atoms with Crippen LogP contribution < -0.4 is 0 Å². The summed E-state index contributed by atoms with van der Waals surface area (Å²) < 4.78 is 9.43. The summed E-state index contributed by atoms with van der Waals surface area (Å²) in [6, 6.07) is 53.2. The standard InChI is InChI=1S/C44H25N3O/c1-3-14-26(15-4-1)40-44(46-34-24-12-11-23-33(34)45-40)47-35-25-13-22-29-28-18-7-8-19-30(28)37-39-38(36(29)35)41(47)31-20-9-10-21-32(31)43(39)48-42(37)27-16-5-2-6-17-27/h1-25H. The molecule has 1 aliphatic carbocycles. The lowest BCUT2D eigenvalue weighted by molar-refractivity contribution is 0.636. The lowest BCUT2D eigenvalue weighted by Gasteiger charge is -2.15. The monoisotopic (exact) mass is 611 g/mol. The summed E-state index contributed by atoms with van der Waals surface area (Å²) in [7, 11) is 0. The van der Waals surface area contributed by atoms with Gasteiger partial charge in [0, 0.05) is 43.6 Å². The van der Waals surface area contributed by atoms with Crippen molar-refractivity contribution in [3.8, 4) is 50.7 Å². The molecule has 4 nitrogen and oxygen atoms in total. The third-order valence-corrected chi connectivity index (χ3v) is 9.91. The molecule has 0 radical (unpaired) electrons. The molecule has 48 heavy (non-hydrogen) atoms. The highest BCUT2D eigenvalue weighted by atomic mass is 16.3. The van der Waals surface area contributed by atoms with Crippen molar-refractivity contribution in [2.24, 2.45) is 0 Å². The lowest BCUT2D eigenvalue weighted by Crippen LogP contribution is -2.04. The third-order valence-electron chi connectivity index (χ3n) is 9.91. The highest BCUT2D eigenvalue weighted by molar-refractivity contribution is 6.38. The number of para-hydroxylation sites is 2. The maximum Gasteiger partial charge on any atom is 0.165 e. The van der Waals surface area contributed by atoms with Gasteiger partial charge in [-0.1, -0.05) is 133 Å². The van der Waals surface area contributed by atoms with Crippen molar-refractivity contribution in [1.29, 1.82) is 0 Å². The Bertz CT molecular complexity index is 2940. The van der Waals surface area contributed by atoms with Gasteiger partial charge in [0.2, 0.25) is 0 Å². The maximum absolute atomic E-state index is 7.06. The summed E-state index contributed by atoms with van der Waals surface area (Å²) in [5.74, 6) is 1.70. The molecule has 0 bridgehead atoms. The molecule has 0 saturated carbocycles. The van der Waals surface area contributed by atoms with E-state index in [1.54, 1.807) is 0 Å². The molecule has 7 aromatic carbocycles. The highest BCUT2D eigenvalue weighted by Crippen LogP contribution is 2.55. The fourth-order valence-corrected chi connectivity index (χ4v) is 7.95. The molecule has 222 valence electrons. The van der Waals surface area contributed by atoms with E-state index in [1.807, 2.05) is 24.3 Å². The van der Waals surface area contributed by atoms with Crippen molar-refractivity contribution in [3.05, 3.63) is 152 Å². The van der Waals surface area contributed by atoms with Gasteiger partial charge in [-0.3, -0.25) is 4.57 Å². The van der Waals surface area contributed by atoms with E-state index in [-0.39, 0.29) is 0 Å². The number of nitrogens with zero attached hydrogens (tertiary/aromatic N) is 3. The van der Waals surface area contributed by atoms with Crippen molar-refractivity contribution < 1.29 is 4.42 Å². The number of benzene rings is 7. The van der Waals surface area contributed by atoms with Gasteiger partial charge in [-0.15, -0.1) is 0 Å². The summed E-state index contributed by atoms with van der Waals surface area (Å²) in [5, 5.41) is 5.70. The van der Waals surface area contributed by atoms with Gasteiger partial charge >= 0.3 is 0 Å². The number of hydrogen-bond donors (Lipinski definition) is 0. The second-order valence-electron chi connectivity index (χ2n) is 12.5. The van der Waals surface area contributed by atoms with E-state index >= 15 is 0 Å². The molecule has 0 saturated heterocycles. The summed E-state index contributed by atoms with van der Waals surface area (Å²) in [6.07, 6.45) is 0. The number of aromatic nitrogens is 3. The lowest BCUT2D eigenvalue weighted by atomic mass is 9.92. The summed E-state index contributed by atoms with van der Waals surface area (Å²) in [4.78, 5) is 10.7. The number of rotatable bonds is 3. The van der Waals surface area contributed by atoms with Crippen molar-refractivity contribution >= 4 is 54.6 Å². The molecule has 0 spiro atoms. The largest absolute Gasteiger partial charge is 0.455 e. The third kappa shape index (κ3) is 3.33. The fourth-order valence-electron chi connectivity index (χ4n) is 7.95. The molecule has 10 aromatic rings. The van der Waals surface area contributed by atoms with Crippen LogP contribution in [0.15, 0.2) is 156 Å². The minimum Gasteiger partial charge on any atom is -0.455 e. The molecule has 0 N–H and O–H groups in total. The second-order valence-corrected chi connectivity index (χ2v) is 12.5. The number of fused-ring (bicyclic) bond motifs is 7.